The lowest BCUT2D eigenvalue weighted by molar-refractivity contribution is -0.142. The second-order valence-corrected chi connectivity index (χ2v) is 5.57. The van der Waals surface area contributed by atoms with E-state index in [1.807, 2.05) is 4.90 Å². The number of nitrogens with zero attached hydrogens (tertiary/aromatic N) is 1. The van der Waals surface area contributed by atoms with Crippen molar-refractivity contribution in [3.63, 3.8) is 0 Å². The molecule has 6 nitrogen and oxygen atoms in total. The lowest BCUT2D eigenvalue weighted by Gasteiger charge is -2.39. The molecule has 116 valence electrons. The lowest BCUT2D eigenvalue weighted by atomic mass is 9.85. The van der Waals surface area contributed by atoms with Gasteiger partial charge < -0.3 is 14.8 Å². The fraction of sp³-hybridized carbons (Fsp3) is 0.857. The van der Waals surface area contributed by atoms with E-state index in [9.17, 15) is 9.59 Å². The zero-order valence-electron chi connectivity index (χ0n) is 12.8. The number of piperidine rings is 1. The van der Waals surface area contributed by atoms with Crippen molar-refractivity contribution in [3.05, 3.63) is 0 Å². The van der Waals surface area contributed by atoms with Crippen LogP contribution >= 0.6 is 0 Å². The third-order valence-corrected chi connectivity index (χ3v) is 3.68. The number of likely N-dealkylation sites (tertiary alicyclic amines) is 1. The van der Waals surface area contributed by atoms with E-state index < -0.39 is 0 Å². The van der Waals surface area contributed by atoms with E-state index in [4.69, 9.17) is 9.47 Å². The van der Waals surface area contributed by atoms with Gasteiger partial charge in [-0.1, -0.05) is 13.8 Å². The summed E-state index contributed by atoms with van der Waals surface area (Å²) in [6, 6.07) is 0.0138. The normalized spacial score (nSPS) is 23.4. The largest absolute Gasteiger partial charge is 0.468 e. The number of hydrogen-bond donors (Lipinski definition) is 1. The smallest absolute Gasteiger partial charge is 0.407 e. The van der Waals surface area contributed by atoms with Gasteiger partial charge in [0, 0.05) is 19.1 Å². The molecular formula is C14H26N2O4. The number of rotatable bonds is 5. The highest BCUT2D eigenvalue weighted by Gasteiger charge is 2.31. The summed E-state index contributed by atoms with van der Waals surface area (Å²) in [6.07, 6.45) is 0.522. The molecule has 1 aliphatic rings. The molecule has 1 saturated heterocycles. The second-order valence-electron chi connectivity index (χ2n) is 5.57. The van der Waals surface area contributed by atoms with Gasteiger partial charge in [-0.2, -0.15) is 0 Å². The van der Waals surface area contributed by atoms with Crippen LogP contribution in [0.3, 0.4) is 0 Å². The van der Waals surface area contributed by atoms with E-state index >= 15 is 0 Å². The molecule has 1 amide bonds. The molecule has 1 fully saturated rings. The summed E-state index contributed by atoms with van der Waals surface area (Å²) >= 11 is 0. The predicted octanol–water partition coefficient (Wildman–Crippen LogP) is 1.25. The van der Waals surface area contributed by atoms with Gasteiger partial charge >= 0.3 is 12.1 Å². The molecule has 1 heterocycles. The molecule has 0 spiro atoms. The molecule has 0 saturated carbocycles. The molecule has 1 N–H and O–H groups in total. The molecule has 1 rings (SSSR count). The molecule has 0 bridgehead atoms. The third-order valence-electron chi connectivity index (χ3n) is 3.68. The fourth-order valence-electron chi connectivity index (χ4n) is 2.54. The Balaban J connectivity index is 2.60. The van der Waals surface area contributed by atoms with E-state index in [-0.39, 0.29) is 24.6 Å². The number of nitrogens with one attached hydrogen (secondary N) is 1. The summed E-state index contributed by atoms with van der Waals surface area (Å²) < 4.78 is 9.63. The van der Waals surface area contributed by atoms with Crippen molar-refractivity contribution >= 4 is 12.1 Å². The van der Waals surface area contributed by atoms with Crippen molar-refractivity contribution in [1.82, 2.24) is 10.2 Å². The van der Waals surface area contributed by atoms with Crippen molar-refractivity contribution in [1.29, 1.82) is 0 Å². The summed E-state index contributed by atoms with van der Waals surface area (Å²) in [5, 5.41) is 2.87. The maximum absolute atomic E-state index is 11.5. The van der Waals surface area contributed by atoms with Crippen LogP contribution in [0.5, 0.6) is 0 Å². The first-order chi connectivity index (χ1) is 9.46. The average molecular weight is 286 g/mol. The van der Waals surface area contributed by atoms with E-state index in [0.717, 1.165) is 13.0 Å². The second kappa shape index (κ2) is 8.09. The van der Waals surface area contributed by atoms with Crippen molar-refractivity contribution in [2.45, 2.75) is 33.2 Å². The van der Waals surface area contributed by atoms with Crippen LogP contribution in [-0.2, 0) is 14.3 Å². The molecule has 2 unspecified atom stereocenters. The first kappa shape index (κ1) is 16.8. The van der Waals surface area contributed by atoms with Crippen molar-refractivity contribution in [2.75, 3.05) is 33.4 Å². The number of carbonyl (C=O) groups is 2. The number of esters is 1. The van der Waals surface area contributed by atoms with Crippen LogP contribution in [0.2, 0.25) is 0 Å². The number of ether oxygens (including phenoxy) is 2. The zero-order valence-corrected chi connectivity index (χ0v) is 12.8. The fourth-order valence-corrected chi connectivity index (χ4v) is 2.54. The standard InChI is InChI=1S/C14H26N2O4/c1-5-20-14(18)15-12-6-11(10(2)3)7-16(8-12)9-13(17)19-4/h10-12H,5-9H2,1-4H3,(H,15,18). The van der Waals surface area contributed by atoms with Crippen molar-refractivity contribution in [3.8, 4) is 0 Å². The number of methoxy groups -OCH3 is 1. The van der Waals surface area contributed by atoms with Crippen molar-refractivity contribution < 1.29 is 19.1 Å². The van der Waals surface area contributed by atoms with Gasteiger partial charge in [0.2, 0.25) is 0 Å². The van der Waals surface area contributed by atoms with Gasteiger partial charge in [0.1, 0.15) is 0 Å². The van der Waals surface area contributed by atoms with Crippen LogP contribution < -0.4 is 5.32 Å². The van der Waals surface area contributed by atoms with E-state index in [0.29, 0.717) is 25.0 Å². The minimum absolute atomic E-state index is 0.0138. The predicted molar refractivity (Wildman–Crippen MR) is 75.3 cm³/mol. The average Bonchev–Trinajstić information content (AvgIpc) is 2.38. The van der Waals surface area contributed by atoms with Gasteiger partial charge in [0.05, 0.1) is 20.3 Å². The monoisotopic (exact) mass is 286 g/mol. The quantitative estimate of drug-likeness (QED) is 0.770. The van der Waals surface area contributed by atoms with Gasteiger partial charge in [-0.25, -0.2) is 4.79 Å². The molecule has 2 atom stereocenters. The molecule has 0 radical (unpaired) electrons. The molecule has 0 aromatic heterocycles. The van der Waals surface area contributed by atoms with Gasteiger partial charge in [-0.3, -0.25) is 9.69 Å². The number of amides is 1. The van der Waals surface area contributed by atoms with E-state index in [1.165, 1.54) is 7.11 Å². The van der Waals surface area contributed by atoms with Crippen LogP contribution in [0, 0.1) is 11.8 Å². The molecule has 0 aromatic rings. The molecule has 0 aliphatic carbocycles. The van der Waals surface area contributed by atoms with Crippen LogP contribution in [0.25, 0.3) is 0 Å². The maximum Gasteiger partial charge on any atom is 0.407 e. The molecule has 6 heteroatoms. The van der Waals surface area contributed by atoms with Gasteiger partial charge in [0.15, 0.2) is 0 Å². The SMILES string of the molecule is CCOC(=O)NC1CC(C(C)C)CN(CC(=O)OC)C1. The molecule has 0 aromatic carbocycles. The Morgan fingerprint density at radius 2 is 2.05 bits per heavy atom. The van der Waals surface area contributed by atoms with E-state index in [1.54, 1.807) is 6.92 Å². The van der Waals surface area contributed by atoms with Gasteiger partial charge in [-0.15, -0.1) is 0 Å². The first-order valence-corrected chi connectivity index (χ1v) is 7.18. The topological polar surface area (TPSA) is 67.9 Å². The highest BCUT2D eigenvalue weighted by molar-refractivity contribution is 5.71. The Bertz CT molecular complexity index is 333. The maximum atomic E-state index is 11.5. The van der Waals surface area contributed by atoms with Gasteiger partial charge in [0.25, 0.3) is 0 Å². The minimum atomic E-state index is -0.389. The summed E-state index contributed by atoms with van der Waals surface area (Å²) in [4.78, 5) is 25.0. The first-order valence-electron chi connectivity index (χ1n) is 7.18. The Kier molecular flexibility index (Phi) is 6.78. The minimum Gasteiger partial charge on any atom is -0.468 e. The number of carbonyl (C=O) groups excluding carboxylic acids is 2. The summed E-state index contributed by atoms with van der Waals surface area (Å²) in [7, 11) is 1.39. The number of alkyl carbamates (subject to hydrolysis) is 1. The number of hydrogen-bond acceptors (Lipinski definition) is 5. The summed E-state index contributed by atoms with van der Waals surface area (Å²) in [6.45, 7) is 8.23. The Hall–Kier alpha value is -1.30. The third kappa shape index (κ3) is 5.36. The van der Waals surface area contributed by atoms with E-state index in [2.05, 4.69) is 19.2 Å². The summed E-state index contributed by atoms with van der Waals surface area (Å²) in [5.41, 5.74) is 0. The zero-order chi connectivity index (χ0) is 15.1. The summed E-state index contributed by atoms with van der Waals surface area (Å²) in [5.74, 6) is 0.701. The molecule has 20 heavy (non-hydrogen) atoms. The van der Waals surface area contributed by atoms with Gasteiger partial charge in [-0.05, 0) is 25.2 Å². The molecule has 1 aliphatic heterocycles. The molecular weight excluding hydrogens is 260 g/mol. The van der Waals surface area contributed by atoms with Crippen LogP contribution in [0.15, 0.2) is 0 Å². The van der Waals surface area contributed by atoms with Crippen LogP contribution in [0.4, 0.5) is 4.79 Å². The van der Waals surface area contributed by atoms with Crippen LogP contribution in [0.1, 0.15) is 27.2 Å². The highest BCUT2D eigenvalue weighted by atomic mass is 16.5. The Morgan fingerprint density at radius 1 is 1.35 bits per heavy atom. The lowest BCUT2D eigenvalue weighted by Crippen LogP contribution is -2.53. The van der Waals surface area contributed by atoms with Crippen LogP contribution in [-0.4, -0.2) is 56.4 Å². The Labute approximate surface area is 120 Å². The Morgan fingerprint density at radius 3 is 2.60 bits per heavy atom. The highest BCUT2D eigenvalue weighted by Crippen LogP contribution is 2.23. The van der Waals surface area contributed by atoms with Crippen molar-refractivity contribution in [2.24, 2.45) is 11.8 Å².